The van der Waals surface area contributed by atoms with E-state index in [-0.39, 0.29) is 5.78 Å². The van der Waals surface area contributed by atoms with Crippen LogP contribution in [-0.2, 0) is 14.3 Å². The van der Waals surface area contributed by atoms with Gasteiger partial charge in [0.05, 0.1) is 5.69 Å². The number of aromatic nitrogens is 2. The first-order valence-corrected chi connectivity index (χ1v) is 9.54. The summed E-state index contributed by atoms with van der Waals surface area (Å²) in [5.41, 5.74) is 2.91. The molecule has 1 unspecified atom stereocenters. The van der Waals surface area contributed by atoms with Gasteiger partial charge in [-0.1, -0.05) is 36.4 Å². The number of para-hydroxylation sites is 2. The third-order valence-electron chi connectivity index (χ3n) is 4.69. The van der Waals surface area contributed by atoms with Crippen molar-refractivity contribution < 1.29 is 18.7 Å². The number of carbonyl (C=O) groups excluding carboxylic acids is 2. The summed E-state index contributed by atoms with van der Waals surface area (Å²) in [6, 6.07) is 19.3. The van der Waals surface area contributed by atoms with Gasteiger partial charge in [-0.25, -0.2) is 9.48 Å². The zero-order valence-corrected chi connectivity index (χ0v) is 16.6. The lowest BCUT2D eigenvalue weighted by Crippen LogP contribution is -2.20. The van der Waals surface area contributed by atoms with Crippen molar-refractivity contribution in [2.24, 2.45) is 0 Å². The predicted molar refractivity (Wildman–Crippen MR) is 114 cm³/mol. The van der Waals surface area contributed by atoms with E-state index in [1.807, 2.05) is 66.9 Å². The van der Waals surface area contributed by atoms with Gasteiger partial charge >= 0.3 is 5.97 Å². The van der Waals surface area contributed by atoms with Crippen molar-refractivity contribution in [1.82, 2.24) is 9.78 Å². The molecule has 6 heteroatoms. The van der Waals surface area contributed by atoms with E-state index >= 15 is 0 Å². The van der Waals surface area contributed by atoms with E-state index < -0.39 is 12.1 Å². The Balaban J connectivity index is 1.72. The van der Waals surface area contributed by atoms with Gasteiger partial charge in [-0.3, -0.25) is 4.79 Å². The number of nitrogens with zero attached hydrogens (tertiary/aromatic N) is 2. The molecular formula is C24H20N2O4. The van der Waals surface area contributed by atoms with E-state index in [0.717, 1.165) is 16.7 Å². The molecule has 0 aliphatic heterocycles. The number of ether oxygens (including phenoxy) is 1. The number of ketones is 1. The number of hydrogen-bond donors (Lipinski definition) is 0. The van der Waals surface area contributed by atoms with Crippen LogP contribution in [-0.4, -0.2) is 27.6 Å². The smallest absolute Gasteiger partial charge is 0.331 e. The summed E-state index contributed by atoms with van der Waals surface area (Å²) < 4.78 is 12.8. The van der Waals surface area contributed by atoms with Crippen LogP contribution in [0.1, 0.15) is 19.4 Å². The van der Waals surface area contributed by atoms with Gasteiger partial charge in [-0.15, -0.1) is 0 Å². The number of hydrogen-bond acceptors (Lipinski definition) is 5. The number of benzene rings is 2. The van der Waals surface area contributed by atoms with E-state index in [1.54, 1.807) is 17.7 Å². The first kappa shape index (κ1) is 19.4. The van der Waals surface area contributed by atoms with Crippen LogP contribution in [0.25, 0.3) is 34.2 Å². The van der Waals surface area contributed by atoms with E-state index in [0.29, 0.717) is 17.0 Å². The van der Waals surface area contributed by atoms with Crippen molar-refractivity contribution >= 4 is 28.8 Å². The molecule has 0 amide bonds. The first-order valence-electron chi connectivity index (χ1n) is 9.54. The fourth-order valence-electron chi connectivity index (χ4n) is 2.97. The van der Waals surface area contributed by atoms with Gasteiger partial charge in [-0.2, -0.15) is 5.10 Å². The van der Waals surface area contributed by atoms with Crippen molar-refractivity contribution in [2.45, 2.75) is 20.0 Å². The van der Waals surface area contributed by atoms with E-state index in [4.69, 9.17) is 9.15 Å². The molecule has 2 aromatic carbocycles. The van der Waals surface area contributed by atoms with Crippen LogP contribution in [0, 0.1) is 0 Å². The van der Waals surface area contributed by atoms with Gasteiger partial charge in [0.2, 0.25) is 0 Å². The lowest BCUT2D eigenvalue weighted by molar-refractivity contribution is -0.148. The minimum Gasteiger partial charge on any atom is -0.454 e. The Labute approximate surface area is 173 Å². The van der Waals surface area contributed by atoms with Crippen LogP contribution in [0.5, 0.6) is 0 Å². The fourth-order valence-corrected chi connectivity index (χ4v) is 2.97. The molecule has 30 heavy (non-hydrogen) atoms. The Morgan fingerprint density at radius 2 is 1.83 bits per heavy atom. The third-order valence-corrected chi connectivity index (χ3v) is 4.69. The van der Waals surface area contributed by atoms with Crippen LogP contribution in [0.15, 0.2) is 77.4 Å². The maximum absolute atomic E-state index is 12.1. The second-order valence-electron chi connectivity index (χ2n) is 6.88. The number of fused-ring (bicyclic) bond motifs is 1. The molecule has 0 radical (unpaired) electrons. The summed E-state index contributed by atoms with van der Waals surface area (Å²) >= 11 is 0. The summed E-state index contributed by atoms with van der Waals surface area (Å²) in [5.74, 6) is -0.215. The van der Waals surface area contributed by atoms with Gasteiger partial charge in [0.15, 0.2) is 17.6 Å². The molecule has 2 aromatic heterocycles. The molecule has 0 saturated carbocycles. The number of rotatable bonds is 6. The summed E-state index contributed by atoms with van der Waals surface area (Å²) in [6.07, 6.45) is 3.93. The molecule has 0 bridgehead atoms. The highest BCUT2D eigenvalue weighted by Crippen LogP contribution is 2.30. The molecule has 150 valence electrons. The molecule has 0 aliphatic rings. The largest absolute Gasteiger partial charge is 0.454 e. The topological polar surface area (TPSA) is 74.3 Å². The molecular weight excluding hydrogens is 380 g/mol. The molecule has 4 aromatic rings. The average molecular weight is 400 g/mol. The molecule has 0 fully saturated rings. The molecule has 1 atom stereocenters. The number of carbonyl (C=O) groups is 2. The molecule has 4 rings (SSSR count). The zero-order valence-electron chi connectivity index (χ0n) is 16.6. The van der Waals surface area contributed by atoms with Crippen LogP contribution in [0.2, 0.25) is 0 Å². The number of Topliss-reactive ketones (excluding diaryl/α,β-unsaturated/α-hetero) is 1. The average Bonchev–Trinajstić information content (AvgIpc) is 3.36. The summed E-state index contributed by atoms with van der Waals surface area (Å²) in [7, 11) is 0. The summed E-state index contributed by atoms with van der Waals surface area (Å²) in [5, 5.41) is 5.64. The highest BCUT2D eigenvalue weighted by atomic mass is 16.5. The number of furan rings is 1. The van der Waals surface area contributed by atoms with E-state index in [1.165, 1.54) is 13.0 Å². The van der Waals surface area contributed by atoms with Gasteiger partial charge in [0.25, 0.3) is 0 Å². The SMILES string of the molecule is CC(=O)C(C)OC(=O)/C=C/c1cn(-c2ccccc2)nc1-c1cc2ccccc2o1. The quantitative estimate of drug-likeness (QED) is 0.343. The maximum atomic E-state index is 12.1. The minimum atomic E-state index is -0.788. The van der Waals surface area contributed by atoms with Crippen LogP contribution in [0.3, 0.4) is 0 Å². The van der Waals surface area contributed by atoms with Crippen molar-refractivity contribution in [1.29, 1.82) is 0 Å². The maximum Gasteiger partial charge on any atom is 0.331 e. The number of esters is 1. The van der Waals surface area contributed by atoms with Crippen molar-refractivity contribution in [3.8, 4) is 17.1 Å². The van der Waals surface area contributed by atoms with Crippen LogP contribution < -0.4 is 0 Å². The van der Waals surface area contributed by atoms with Gasteiger partial charge < -0.3 is 9.15 Å². The third kappa shape index (κ3) is 4.07. The van der Waals surface area contributed by atoms with Crippen molar-refractivity contribution in [3.05, 3.63) is 78.5 Å². The second kappa shape index (κ2) is 8.21. The van der Waals surface area contributed by atoms with E-state index in [9.17, 15) is 9.59 Å². The first-order chi connectivity index (χ1) is 14.5. The molecule has 0 aliphatic carbocycles. The van der Waals surface area contributed by atoms with E-state index in [2.05, 4.69) is 5.10 Å². The molecule has 6 nitrogen and oxygen atoms in total. The Morgan fingerprint density at radius 3 is 2.57 bits per heavy atom. The van der Waals surface area contributed by atoms with Crippen molar-refractivity contribution in [2.75, 3.05) is 0 Å². The zero-order chi connectivity index (χ0) is 21.1. The highest BCUT2D eigenvalue weighted by molar-refractivity contribution is 5.91. The normalized spacial score (nSPS) is 12.3. The van der Waals surface area contributed by atoms with Crippen LogP contribution >= 0.6 is 0 Å². The fraction of sp³-hybridized carbons (Fsp3) is 0.125. The standard InChI is InChI=1S/C24H20N2O4/c1-16(27)17(2)29-23(28)13-12-19-15-26(20-9-4-3-5-10-20)25-24(19)22-14-18-8-6-7-11-21(18)30-22/h3-15,17H,1-2H3/b13-12+. The van der Waals surface area contributed by atoms with Crippen LogP contribution in [0.4, 0.5) is 0 Å². The molecule has 0 N–H and O–H groups in total. The summed E-state index contributed by atoms with van der Waals surface area (Å²) in [6.45, 7) is 2.92. The minimum absolute atomic E-state index is 0.211. The van der Waals surface area contributed by atoms with Gasteiger partial charge in [0.1, 0.15) is 11.3 Å². The van der Waals surface area contributed by atoms with Gasteiger partial charge in [-0.05, 0) is 44.2 Å². The molecule has 0 saturated heterocycles. The lowest BCUT2D eigenvalue weighted by atomic mass is 10.2. The molecule has 0 spiro atoms. The van der Waals surface area contributed by atoms with Crippen molar-refractivity contribution in [3.63, 3.8) is 0 Å². The second-order valence-corrected chi connectivity index (χ2v) is 6.88. The molecule has 2 heterocycles. The summed E-state index contributed by atoms with van der Waals surface area (Å²) in [4.78, 5) is 23.4. The lowest BCUT2D eigenvalue weighted by Gasteiger charge is -2.06. The Hall–Kier alpha value is -3.93. The monoisotopic (exact) mass is 400 g/mol. The Morgan fingerprint density at radius 1 is 1.10 bits per heavy atom. The Kier molecular flexibility index (Phi) is 5.30. The Bertz CT molecular complexity index is 1200. The van der Waals surface area contributed by atoms with Gasteiger partial charge in [0, 0.05) is 23.2 Å². The predicted octanol–water partition coefficient (Wildman–Crippen LogP) is 4.82. The highest BCUT2D eigenvalue weighted by Gasteiger charge is 2.16.